The van der Waals surface area contributed by atoms with Gasteiger partial charge in [0.05, 0.1) is 0 Å². The molecule has 0 saturated heterocycles. The van der Waals surface area contributed by atoms with Gasteiger partial charge in [-0.05, 0) is 38.8 Å². The second kappa shape index (κ2) is 7.29. The number of para-hydroxylation sites is 1. The first-order valence-corrected chi connectivity index (χ1v) is 7.43. The van der Waals surface area contributed by atoms with Crippen molar-refractivity contribution in [3.63, 3.8) is 0 Å². The van der Waals surface area contributed by atoms with Crippen LogP contribution in [0.15, 0.2) is 30.3 Å². The zero-order chi connectivity index (χ0) is 16.9. The van der Waals surface area contributed by atoms with Crippen molar-refractivity contribution < 1.29 is 14.3 Å². The molecule has 122 valence electrons. The monoisotopic (exact) mass is 306 g/mol. The van der Waals surface area contributed by atoms with E-state index in [2.05, 4.69) is 5.32 Å². The summed E-state index contributed by atoms with van der Waals surface area (Å²) in [7, 11) is 1.59. The highest BCUT2D eigenvalue weighted by Gasteiger charge is 2.32. The minimum atomic E-state index is -0.602. The maximum absolute atomic E-state index is 12.5. The van der Waals surface area contributed by atoms with Gasteiger partial charge in [-0.25, -0.2) is 4.79 Å². The second-order valence-corrected chi connectivity index (χ2v) is 6.64. The molecule has 0 bridgehead atoms. The number of nitrogens with zero attached hydrogens (tertiary/aromatic N) is 1. The van der Waals surface area contributed by atoms with Gasteiger partial charge in [-0.3, -0.25) is 9.69 Å². The smallest absolute Gasteiger partial charge is 0.410 e. The molecule has 22 heavy (non-hydrogen) atoms. The molecule has 0 aromatic heterocycles. The molecule has 1 N–H and O–H groups in total. The maximum Gasteiger partial charge on any atom is 0.410 e. The summed E-state index contributed by atoms with van der Waals surface area (Å²) in [6.07, 6.45) is -0.505. The minimum Gasteiger partial charge on any atom is -0.444 e. The lowest BCUT2D eigenvalue weighted by Gasteiger charge is -2.32. The van der Waals surface area contributed by atoms with Gasteiger partial charge in [0.25, 0.3) is 0 Å². The highest BCUT2D eigenvalue weighted by atomic mass is 16.6. The molecule has 1 aromatic carbocycles. The first-order chi connectivity index (χ1) is 10.1. The molecule has 1 rings (SSSR count). The highest BCUT2D eigenvalue weighted by Crippen LogP contribution is 2.17. The average Bonchev–Trinajstić information content (AvgIpc) is 2.37. The zero-order valence-corrected chi connectivity index (χ0v) is 14.2. The minimum absolute atomic E-state index is 0.0405. The van der Waals surface area contributed by atoms with Crippen molar-refractivity contribution in [3.8, 4) is 0 Å². The van der Waals surface area contributed by atoms with Crippen molar-refractivity contribution in [2.75, 3.05) is 12.4 Å². The lowest BCUT2D eigenvalue weighted by Crippen LogP contribution is -2.49. The number of likely N-dealkylation sites (N-methyl/N-ethyl adjacent to an activating group) is 1. The van der Waals surface area contributed by atoms with Crippen LogP contribution in [-0.4, -0.2) is 35.6 Å². The Morgan fingerprint density at radius 2 is 1.68 bits per heavy atom. The summed E-state index contributed by atoms with van der Waals surface area (Å²) >= 11 is 0. The molecule has 2 amide bonds. The number of ether oxygens (including phenoxy) is 1. The number of hydrogen-bond acceptors (Lipinski definition) is 3. The summed E-state index contributed by atoms with van der Waals surface area (Å²) < 4.78 is 5.34. The van der Waals surface area contributed by atoms with Gasteiger partial charge in [0.1, 0.15) is 11.6 Å². The van der Waals surface area contributed by atoms with Gasteiger partial charge < -0.3 is 10.1 Å². The fourth-order valence-corrected chi connectivity index (χ4v) is 2.11. The molecule has 0 aliphatic rings. The first kappa shape index (κ1) is 18.0. The molecule has 5 nitrogen and oxygen atoms in total. The van der Waals surface area contributed by atoms with Gasteiger partial charge in [0, 0.05) is 12.7 Å². The van der Waals surface area contributed by atoms with Crippen LogP contribution in [0.1, 0.15) is 34.6 Å². The first-order valence-electron chi connectivity index (χ1n) is 7.43. The molecule has 0 saturated carbocycles. The summed E-state index contributed by atoms with van der Waals surface area (Å²) in [5.41, 5.74) is 0.110. The molecule has 0 unspecified atom stereocenters. The molecule has 1 atom stereocenters. The van der Waals surface area contributed by atoms with E-state index in [1.54, 1.807) is 27.8 Å². The van der Waals surface area contributed by atoms with Crippen molar-refractivity contribution in [2.45, 2.75) is 46.3 Å². The number of amides is 2. The largest absolute Gasteiger partial charge is 0.444 e. The summed E-state index contributed by atoms with van der Waals surface area (Å²) in [4.78, 5) is 26.0. The lowest BCUT2D eigenvalue weighted by atomic mass is 10.0. The van der Waals surface area contributed by atoms with E-state index < -0.39 is 17.7 Å². The van der Waals surface area contributed by atoms with Crippen LogP contribution in [0.4, 0.5) is 10.5 Å². The Labute approximate surface area is 132 Å². The van der Waals surface area contributed by atoms with Crippen molar-refractivity contribution >= 4 is 17.7 Å². The van der Waals surface area contributed by atoms with Gasteiger partial charge in [-0.15, -0.1) is 0 Å². The molecular formula is C17H26N2O3. The number of hydrogen-bond donors (Lipinski definition) is 1. The zero-order valence-electron chi connectivity index (χ0n) is 14.2. The third-order valence-electron chi connectivity index (χ3n) is 3.04. The van der Waals surface area contributed by atoms with E-state index in [0.717, 1.165) is 0 Å². The van der Waals surface area contributed by atoms with Gasteiger partial charge in [0.15, 0.2) is 0 Å². The SMILES string of the molecule is CC(C)[C@H](C(=O)Nc1ccccc1)N(C)C(=O)OC(C)(C)C. The number of rotatable bonds is 4. The van der Waals surface area contributed by atoms with Crippen LogP contribution in [-0.2, 0) is 9.53 Å². The van der Waals surface area contributed by atoms with Crippen LogP contribution in [0.25, 0.3) is 0 Å². The molecular weight excluding hydrogens is 280 g/mol. The topological polar surface area (TPSA) is 58.6 Å². The van der Waals surface area contributed by atoms with Crippen molar-refractivity contribution in [2.24, 2.45) is 5.92 Å². The van der Waals surface area contributed by atoms with Crippen LogP contribution in [0.5, 0.6) is 0 Å². The predicted molar refractivity (Wildman–Crippen MR) is 87.7 cm³/mol. The van der Waals surface area contributed by atoms with Crippen LogP contribution in [0, 0.1) is 5.92 Å². The third kappa shape index (κ3) is 5.39. The van der Waals surface area contributed by atoms with E-state index in [-0.39, 0.29) is 11.8 Å². The number of nitrogens with one attached hydrogen (secondary N) is 1. The predicted octanol–water partition coefficient (Wildman–Crippen LogP) is 3.52. The molecule has 0 heterocycles. The van der Waals surface area contributed by atoms with Crippen LogP contribution < -0.4 is 5.32 Å². The second-order valence-electron chi connectivity index (χ2n) is 6.64. The molecule has 0 aliphatic heterocycles. The summed E-state index contributed by atoms with van der Waals surface area (Å²) in [5.74, 6) is -0.268. The Balaban J connectivity index is 2.84. The van der Waals surface area contributed by atoms with Crippen molar-refractivity contribution in [3.05, 3.63) is 30.3 Å². The van der Waals surface area contributed by atoms with Crippen LogP contribution >= 0.6 is 0 Å². The highest BCUT2D eigenvalue weighted by molar-refractivity contribution is 5.96. The molecule has 0 spiro atoms. The quantitative estimate of drug-likeness (QED) is 0.926. The lowest BCUT2D eigenvalue weighted by molar-refractivity contribution is -0.122. The fourth-order valence-electron chi connectivity index (χ4n) is 2.11. The van der Waals surface area contributed by atoms with E-state index in [9.17, 15) is 9.59 Å². The maximum atomic E-state index is 12.5. The molecule has 1 aromatic rings. The molecule has 0 fully saturated rings. The molecule has 0 radical (unpaired) electrons. The number of carbonyl (C=O) groups excluding carboxylic acids is 2. The number of benzene rings is 1. The van der Waals surface area contributed by atoms with E-state index >= 15 is 0 Å². The van der Waals surface area contributed by atoms with Crippen molar-refractivity contribution in [1.29, 1.82) is 0 Å². The van der Waals surface area contributed by atoms with Crippen LogP contribution in [0.3, 0.4) is 0 Å². The van der Waals surface area contributed by atoms with E-state index in [4.69, 9.17) is 4.74 Å². The Morgan fingerprint density at radius 1 is 1.14 bits per heavy atom. The van der Waals surface area contributed by atoms with E-state index in [0.29, 0.717) is 5.69 Å². The van der Waals surface area contributed by atoms with Crippen molar-refractivity contribution in [1.82, 2.24) is 4.90 Å². The summed E-state index contributed by atoms with van der Waals surface area (Å²) in [5, 5.41) is 2.83. The Bertz CT molecular complexity index is 506. The number of carbonyl (C=O) groups is 2. The van der Waals surface area contributed by atoms with E-state index in [1.165, 1.54) is 4.90 Å². The van der Waals surface area contributed by atoms with Gasteiger partial charge in [-0.1, -0.05) is 32.0 Å². The Kier molecular flexibility index (Phi) is 5.97. The molecule has 0 aliphatic carbocycles. The normalized spacial score (nSPS) is 12.7. The van der Waals surface area contributed by atoms with E-state index in [1.807, 2.05) is 44.2 Å². The average molecular weight is 306 g/mol. The fraction of sp³-hybridized carbons (Fsp3) is 0.529. The third-order valence-corrected chi connectivity index (χ3v) is 3.04. The van der Waals surface area contributed by atoms with Gasteiger partial charge in [-0.2, -0.15) is 0 Å². The summed E-state index contributed by atoms with van der Waals surface area (Å²) in [6.45, 7) is 9.19. The number of anilines is 1. The summed E-state index contributed by atoms with van der Waals surface area (Å²) in [6, 6.07) is 8.58. The van der Waals surface area contributed by atoms with Gasteiger partial charge in [0.2, 0.25) is 5.91 Å². The van der Waals surface area contributed by atoms with Gasteiger partial charge >= 0.3 is 6.09 Å². The Hall–Kier alpha value is -2.04. The standard InChI is InChI=1S/C17H26N2O3/c1-12(2)14(19(6)16(21)22-17(3,4)5)15(20)18-13-10-8-7-9-11-13/h7-12,14H,1-6H3,(H,18,20)/t14-/m1/s1. The molecule has 5 heteroatoms. The van der Waals surface area contributed by atoms with Crippen LogP contribution in [0.2, 0.25) is 0 Å². The Morgan fingerprint density at radius 3 is 2.14 bits per heavy atom.